The molecule has 0 spiro atoms. The lowest BCUT2D eigenvalue weighted by Gasteiger charge is -2.12. The van der Waals surface area contributed by atoms with Gasteiger partial charge in [-0.25, -0.2) is 9.97 Å². The van der Waals surface area contributed by atoms with Crippen molar-refractivity contribution in [3.63, 3.8) is 0 Å². The molecule has 0 saturated carbocycles. The van der Waals surface area contributed by atoms with Gasteiger partial charge in [0.1, 0.15) is 11.0 Å². The molecule has 0 amide bonds. The Bertz CT molecular complexity index is 2100. The first-order valence-electron chi connectivity index (χ1n) is 15.1. The molecule has 0 atom stereocenters. The topological polar surface area (TPSA) is 112 Å². The number of carbonyl (C=O) groups is 2. The van der Waals surface area contributed by atoms with Crippen LogP contribution in [0.4, 0.5) is 11.4 Å². The number of nitrogens with two attached hydrogens (primary N) is 2. The summed E-state index contributed by atoms with van der Waals surface area (Å²) < 4.78 is 3.52. The van der Waals surface area contributed by atoms with E-state index >= 15 is 0 Å². The van der Waals surface area contributed by atoms with Crippen molar-refractivity contribution in [2.45, 2.75) is 0 Å². The second kappa shape index (κ2) is 17.4. The van der Waals surface area contributed by atoms with Crippen molar-refractivity contribution in [3.05, 3.63) is 175 Å². The summed E-state index contributed by atoms with van der Waals surface area (Å²) in [6.45, 7) is 0. The van der Waals surface area contributed by atoms with Crippen LogP contribution in [0.5, 0.6) is 0 Å². The molecule has 6 nitrogen and oxygen atoms in total. The van der Waals surface area contributed by atoms with Gasteiger partial charge in [-0.3, -0.25) is 9.59 Å². The zero-order valence-electron chi connectivity index (χ0n) is 26.2. The fraction of sp³-hybridized carbons (Fsp3) is 0. The SMILES string of the molecule is Brc1ccc(Br)c2nc(-c3ccccc3)c(-c3ccccc3)nc12.Nc1c(Br)ccc(Br)c1N.O=C(C(=O)c1ccccc1)c1ccccc1. The number of benzene rings is 6. The molecule has 0 radical (unpaired) electrons. The summed E-state index contributed by atoms with van der Waals surface area (Å²) in [6, 6.07) is 45.2. The van der Waals surface area contributed by atoms with E-state index in [1.54, 1.807) is 48.5 Å². The predicted octanol–water partition coefficient (Wildman–Crippen LogP) is 11.6. The van der Waals surface area contributed by atoms with Gasteiger partial charge >= 0.3 is 0 Å². The Morgan fingerprint density at radius 3 is 1.00 bits per heavy atom. The summed E-state index contributed by atoms with van der Waals surface area (Å²) in [6.07, 6.45) is 0. The van der Waals surface area contributed by atoms with E-state index in [0.717, 1.165) is 51.4 Å². The maximum Gasteiger partial charge on any atom is 0.233 e. The van der Waals surface area contributed by atoms with Crippen LogP contribution in [-0.4, -0.2) is 21.5 Å². The van der Waals surface area contributed by atoms with Crippen LogP contribution in [0.1, 0.15) is 20.7 Å². The van der Waals surface area contributed by atoms with Gasteiger partial charge in [-0.2, -0.15) is 0 Å². The first-order chi connectivity index (χ1) is 24.2. The molecule has 1 heterocycles. The van der Waals surface area contributed by atoms with Crippen LogP contribution in [-0.2, 0) is 0 Å². The minimum Gasteiger partial charge on any atom is -0.396 e. The number of rotatable bonds is 5. The van der Waals surface area contributed by atoms with Crippen LogP contribution in [0, 0.1) is 0 Å². The predicted molar refractivity (Wildman–Crippen MR) is 218 cm³/mol. The van der Waals surface area contributed by atoms with E-state index in [1.807, 2.05) is 72.8 Å². The summed E-state index contributed by atoms with van der Waals surface area (Å²) in [5.74, 6) is -0.932. The molecular formula is C40H28Br4N4O2. The van der Waals surface area contributed by atoms with Gasteiger partial charge in [0.15, 0.2) is 0 Å². The van der Waals surface area contributed by atoms with Crippen molar-refractivity contribution in [2.24, 2.45) is 0 Å². The highest BCUT2D eigenvalue weighted by Gasteiger charge is 2.17. The van der Waals surface area contributed by atoms with Crippen molar-refractivity contribution < 1.29 is 9.59 Å². The van der Waals surface area contributed by atoms with Gasteiger partial charge in [0.05, 0.1) is 22.8 Å². The largest absolute Gasteiger partial charge is 0.396 e. The van der Waals surface area contributed by atoms with Crippen LogP contribution in [0.2, 0.25) is 0 Å². The third-order valence-corrected chi connectivity index (χ3v) is 9.94. The standard InChI is InChI=1S/C20H12Br2N2.C14H10O2.C6H6Br2N2/c21-15-11-12-16(22)20-19(15)23-17(13-7-3-1-4-8-13)18(24-20)14-9-5-2-6-10-14;15-13(11-7-3-1-4-8-11)14(16)12-9-5-2-6-10-12;7-3-1-2-4(8)6(10)5(3)9/h1-12H;1-10H;1-2H,9-10H2. The van der Waals surface area contributed by atoms with Gasteiger partial charge in [0.2, 0.25) is 11.6 Å². The Hall–Kier alpha value is -4.48. The van der Waals surface area contributed by atoms with E-state index in [4.69, 9.17) is 21.4 Å². The van der Waals surface area contributed by atoms with Crippen LogP contribution in [0.3, 0.4) is 0 Å². The number of nitrogen functional groups attached to an aromatic ring is 2. The maximum absolute atomic E-state index is 11.8. The number of nitrogens with zero attached hydrogens (tertiary/aromatic N) is 2. The van der Waals surface area contributed by atoms with Gasteiger partial charge in [0.25, 0.3) is 0 Å². The lowest BCUT2D eigenvalue weighted by atomic mass is 10.0. The number of fused-ring (bicyclic) bond motifs is 1. The lowest BCUT2D eigenvalue weighted by Crippen LogP contribution is -2.14. The number of ketones is 2. The third-order valence-electron chi connectivity index (χ3n) is 7.28. The summed E-state index contributed by atoms with van der Waals surface area (Å²) in [5, 5.41) is 0. The Labute approximate surface area is 323 Å². The molecule has 50 heavy (non-hydrogen) atoms. The van der Waals surface area contributed by atoms with Crippen LogP contribution in [0.15, 0.2) is 163 Å². The molecule has 0 aliphatic heterocycles. The highest BCUT2D eigenvalue weighted by molar-refractivity contribution is 9.11. The first-order valence-corrected chi connectivity index (χ1v) is 18.3. The number of Topliss-reactive ketones (excluding diaryl/α,β-unsaturated/α-hetero) is 2. The van der Waals surface area contributed by atoms with Crippen LogP contribution < -0.4 is 11.5 Å². The molecule has 7 rings (SSSR count). The highest BCUT2D eigenvalue weighted by Crippen LogP contribution is 2.35. The smallest absolute Gasteiger partial charge is 0.233 e. The fourth-order valence-electron chi connectivity index (χ4n) is 4.69. The quantitative estimate of drug-likeness (QED) is 0.101. The van der Waals surface area contributed by atoms with E-state index in [2.05, 4.69) is 88.0 Å². The van der Waals surface area contributed by atoms with Crippen molar-refractivity contribution >= 4 is 97.7 Å². The molecule has 10 heteroatoms. The molecule has 1 aromatic heterocycles. The summed E-state index contributed by atoms with van der Waals surface area (Å²) >= 11 is 13.7. The Morgan fingerprint density at radius 2 is 0.680 bits per heavy atom. The summed E-state index contributed by atoms with van der Waals surface area (Å²) in [5.41, 5.74) is 18.7. The molecule has 0 aliphatic rings. The van der Waals surface area contributed by atoms with E-state index in [1.165, 1.54) is 0 Å². The summed E-state index contributed by atoms with van der Waals surface area (Å²) in [7, 11) is 0. The number of carbonyl (C=O) groups excluding carboxylic acids is 2. The number of anilines is 2. The second-order valence-electron chi connectivity index (χ2n) is 10.6. The Balaban J connectivity index is 0.000000161. The van der Waals surface area contributed by atoms with Gasteiger partial charge in [0, 0.05) is 40.1 Å². The molecule has 248 valence electrons. The first kappa shape index (κ1) is 36.8. The van der Waals surface area contributed by atoms with E-state index in [0.29, 0.717) is 22.5 Å². The lowest BCUT2D eigenvalue weighted by molar-refractivity contribution is 0.0817. The highest BCUT2D eigenvalue weighted by atomic mass is 79.9. The Kier molecular flexibility index (Phi) is 12.8. The number of hydrogen-bond donors (Lipinski definition) is 2. The molecule has 7 aromatic rings. The van der Waals surface area contributed by atoms with Gasteiger partial charge in [-0.15, -0.1) is 0 Å². The van der Waals surface area contributed by atoms with Gasteiger partial charge in [-0.1, -0.05) is 121 Å². The maximum atomic E-state index is 11.8. The zero-order chi connectivity index (χ0) is 35.6. The third kappa shape index (κ3) is 9.00. The molecule has 0 bridgehead atoms. The Morgan fingerprint density at radius 1 is 0.400 bits per heavy atom. The molecular weight excluding hydrogens is 888 g/mol. The van der Waals surface area contributed by atoms with Gasteiger partial charge in [-0.05, 0) is 88.0 Å². The van der Waals surface area contributed by atoms with E-state index in [-0.39, 0.29) is 0 Å². The van der Waals surface area contributed by atoms with Crippen molar-refractivity contribution in [1.82, 2.24) is 9.97 Å². The number of hydrogen-bond acceptors (Lipinski definition) is 6. The minimum atomic E-state index is -0.466. The van der Waals surface area contributed by atoms with Crippen LogP contribution >= 0.6 is 63.7 Å². The van der Waals surface area contributed by atoms with Gasteiger partial charge < -0.3 is 11.5 Å². The zero-order valence-corrected chi connectivity index (χ0v) is 32.6. The molecule has 0 fully saturated rings. The average Bonchev–Trinajstić information content (AvgIpc) is 3.18. The number of aromatic nitrogens is 2. The molecule has 6 aromatic carbocycles. The van der Waals surface area contributed by atoms with E-state index in [9.17, 15) is 9.59 Å². The monoisotopic (exact) mass is 912 g/mol. The van der Waals surface area contributed by atoms with Crippen molar-refractivity contribution in [1.29, 1.82) is 0 Å². The average molecular weight is 916 g/mol. The molecule has 0 saturated heterocycles. The summed E-state index contributed by atoms with van der Waals surface area (Å²) in [4.78, 5) is 33.5. The normalized spacial score (nSPS) is 10.3. The minimum absolute atomic E-state index is 0.427. The second-order valence-corrected chi connectivity index (χ2v) is 14.0. The fourth-order valence-corrected chi connectivity index (χ4v) is 6.20. The van der Waals surface area contributed by atoms with Crippen molar-refractivity contribution in [2.75, 3.05) is 11.5 Å². The molecule has 4 N–H and O–H groups in total. The molecule has 0 aliphatic carbocycles. The van der Waals surface area contributed by atoms with E-state index < -0.39 is 11.6 Å². The van der Waals surface area contributed by atoms with Crippen LogP contribution in [0.25, 0.3) is 33.5 Å². The van der Waals surface area contributed by atoms with Crippen molar-refractivity contribution in [3.8, 4) is 22.5 Å². The number of halogens is 4. The molecule has 0 unspecified atom stereocenters.